The Morgan fingerprint density at radius 3 is 2.05 bits per heavy atom. The third-order valence-electron chi connectivity index (χ3n) is 3.16. The van der Waals surface area contributed by atoms with Crippen molar-refractivity contribution in [3.05, 3.63) is 53.1 Å². The first-order chi connectivity index (χ1) is 10.5. The van der Waals surface area contributed by atoms with E-state index in [1.54, 1.807) is 6.92 Å². The Labute approximate surface area is 134 Å². The molecular weight excluding hydrogens is 364 g/mol. The Kier molecular flexibility index (Phi) is 5.45. The first kappa shape index (κ1) is 16.8. The fourth-order valence-electron chi connectivity index (χ4n) is 2.10. The maximum absolute atomic E-state index is 14.1. The summed E-state index contributed by atoms with van der Waals surface area (Å²) in [6.07, 6.45) is 0.295. The van der Waals surface area contributed by atoms with Crippen LogP contribution in [0.3, 0.4) is 0 Å². The Bertz CT molecular complexity index is 629. The van der Waals surface area contributed by atoms with Crippen molar-refractivity contribution in [2.75, 3.05) is 11.9 Å². The molecule has 0 heterocycles. The molecule has 2 rings (SSSR count). The van der Waals surface area contributed by atoms with Crippen molar-refractivity contribution < 1.29 is 22.3 Å². The molecule has 0 amide bonds. The van der Waals surface area contributed by atoms with E-state index in [-0.39, 0.29) is 29.0 Å². The minimum atomic E-state index is -1.27. The van der Waals surface area contributed by atoms with E-state index in [0.717, 1.165) is 0 Å². The predicted octanol–water partition coefficient (Wildman–Crippen LogP) is 5.25. The summed E-state index contributed by atoms with van der Waals surface area (Å²) in [4.78, 5) is 0. The van der Waals surface area contributed by atoms with Crippen molar-refractivity contribution in [3.8, 4) is 16.9 Å². The summed E-state index contributed by atoms with van der Waals surface area (Å²) >= 11 is 3.14. The number of ether oxygens (including phenoxy) is 1. The van der Waals surface area contributed by atoms with Gasteiger partial charge in [-0.25, -0.2) is 13.2 Å². The van der Waals surface area contributed by atoms with Crippen LogP contribution in [-0.4, -0.2) is 11.9 Å². The molecule has 0 unspecified atom stereocenters. The summed E-state index contributed by atoms with van der Waals surface area (Å²) in [5.41, 5.74) is -0.497. The zero-order valence-corrected chi connectivity index (χ0v) is 13.3. The second-order valence-electron chi connectivity index (χ2n) is 4.51. The van der Waals surface area contributed by atoms with Gasteiger partial charge >= 0.3 is 0 Å². The maximum atomic E-state index is 14.1. The van der Waals surface area contributed by atoms with Gasteiger partial charge in [-0.2, -0.15) is 4.39 Å². The normalized spacial score (nSPS) is 10.8. The molecule has 2 aromatic rings. The summed E-state index contributed by atoms with van der Waals surface area (Å²) in [5, 5.41) is 0.467. The second kappa shape index (κ2) is 7.13. The lowest BCUT2D eigenvalue weighted by atomic mass is 10.0. The van der Waals surface area contributed by atoms with E-state index in [1.165, 1.54) is 24.3 Å². The second-order valence-corrected chi connectivity index (χ2v) is 5.30. The number of aryl methyl sites for hydroxylation is 1. The third kappa shape index (κ3) is 3.11. The van der Waals surface area contributed by atoms with Gasteiger partial charge in [0.25, 0.3) is 0 Å². The van der Waals surface area contributed by atoms with Gasteiger partial charge in [-0.15, -0.1) is 0 Å². The minimum absolute atomic E-state index is 0.167. The average molecular weight is 377 g/mol. The average Bonchev–Trinajstić information content (AvgIpc) is 2.50. The Morgan fingerprint density at radius 1 is 0.864 bits per heavy atom. The van der Waals surface area contributed by atoms with Gasteiger partial charge < -0.3 is 4.74 Å². The third-order valence-corrected chi connectivity index (χ3v) is 3.56. The zero-order chi connectivity index (χ0) is 16.3. The number of hydrogen-bond acceptors (Lipinski definition) is 1. The van der Waals surface area contributed by atoms with Crippen LogP contribution >= 0.6 is 15.9 Å². The molecule has 0 aliphatic rings. The van der Waals surface area contributed by atoms with Crippen molar-refractivity contribution in [1.29, 1.82) is 0 Å². The molecule has 0 spiro atoms. The summed E-state index contributed by atoms with van der Waals surface area (Å²) in [6, 6.07) is 4.98. The van der Waals surface area contributed by atoms with Crippen molar-refractivity contribution in [2.24, 2.45) is 0 Å². The number of halogens is 5. The number of hydrogen-bond donors (Lipinski definition) is 0. The Balaban J connectivity index is 2.53. The number of rotatable bonds is 5. The predicted molar refractivity (Wildman–Crippen MR) is 80.4 cm³/mol. The van der Waals surface area contributed by atoms with Crippen LogP contribution in [0.25, 0.3) is 11.1 Å². The first-order valence-electron chi connectivity index (χ1n) is 6.65. The van der Waals surface area contributed by atoms with Crippen LogP contribution in [-0.2, 0) is 6.42 Å². The SMILES string of the molecule is CCOc1ccc(-c2ccc(CCBr)c(F)c2F)c(F)c1F. The number of benzene rings is 2. The lowest BCUT2D eigenvalue weighted by Crippen LogP contribution is -2.02. The molecule has 22 heavy (non-hydrogen) atoms. The van der Waals surface area contributed by atoms with Crippen molar-refractivity contribution in [1.82, 2.24) is 0 Å². The van der Waals surface area contributed by atoms with Crippen LogP contribution < -0.4 is 4.74 Å². The molecule has 118 valence electrons. The lowest BCUT2D eigenvalue weighted by Gasteiger charge is -2.11. The van der Waals surface area contributed by atoms with Gasteiger partial charge in [-0.1, -0.05) is 28.1 Å². The smallest absolute Gasteiger partial charge is 0.201 e. The maximum Gasteiger partial charge on any atom is 0.201 e. The Morgan fingerprint density at radius 2 is 1.45 bits per heavy atom. The summed E-state index contributed by atoms with van der Waals surface area (Å²) in [7, 11) is 0. The van der Waals surface area contributed by atoms with E-state index in [9.17, 15) is 17.6 Å². The molecule has 0 N–H and O–H groups in total. The molecule has 0 saturated carbocycles. The lowest BCUT2D eigenvalue weighted by molar-refractivity contribution is 0.314. The molecule has 0 fully saturated rings. The highest BCUT2D eigenvalue weighted by Gasteiger charge is 2.20. The molecule has 1 nitrogen and oxygen atoms in total. The molecular formula is C16H13BrF4O. The van der Waals surface area contributed by atoms with Gasteiger partial charge in [0.2, 0.25) is 5.82 Å². The first-order valence-corrected chi connectivity index (χ1v) is 7.77. The van der Waals surface area contributed by atoms with Crippen LogP contribution in [0.15, 0.2) is 24.3 Å². The molecule has 0 aliphatic carbocycles. The van der Waals surface area contributed by atoms with E-state index < -0.39 is 23.3 Å². The van der Waals surface area contributed by atoms with E-state index in [2.05, 4.69) is 15.9 Å². The van der Waals surface area contributed by atoms with E-state index in [1.807, 2.05) is 0 Å². The molecule has 0 aliphatic heterocycles. The van der Waals surface area contributed by atoms with Gasteiger partial charge in [-0.05, 0) is 31.0 Å². The van der Waals surface area contributed by atoms with E-state index in [4.69, 9.17) is 4.74 Å². The van der Waals surface area contributed by atoms with Crippen molar-refractivity contribution in [3.63, 3.8) is 0 Å². The van der Waals surface area contributed by atoms with E-state index in [0.29, 0.717) is 11.8 Å². The fraction of sp³-hybridized carbons (Fsp3) is 0.250. The molecule has 0 atom stereocenters. The van der Waals surface area contributed by atoms with Gasteiger partial charge in [0.15, 0.2) is 23.2 Å². The van der Waals surface area contributed by atoms with Gasteiger partial charge in [0.05, 0.1) is 6.61 Å². The summed E-state index contributed by atoms with van der Waals surface area (Å²) in [6.45, 7) is 1.79. The minimum Gasteiger partial charge on any atom is -0.491 e. The highest BCUT2D eigenvalue weighted by atomic mass is 79.9. The van der Waals surface area contributed by atoms with Gasteiger partial charge in [0, 0.05) is 16.5 Å². The molecule has 0 saturated heterocycles. The number of alkyl halides is 1. The fourth-order valence-corrected chi connectivity index (χ4v) is 2.53. The molecule has 0 aromatic heterocycles. The van der Waals surface area contributed by atoms with Crippen molar-refractivity contribution in [2.45, 2.75) is 13.3 Å². The van der Waals surface area contributed by atoms with Crippen LogP contribution in [0.5, 0.6) is 5.75 Å². The standard InChI is InChI=1S/C16H13BrF4O/c1-2-22-12-6-5-11(15(20)16(12)21)10-4-3-9(7-8-17)13(18)14(10)19/h3-6H,2,7-8H2,1H3. The Hall–Kier alpha value is -1.56. The van der Waals surface area contributed by atoms with Gasteiger partial charge in [0.1, 0.15) is 0 Å². The van der Waals surface area contributed by atoms with E-state index >= 15 is 0 Å². The summed E-state index contributed by atoms with van der Waals surface area (Å²) < 4.78 is 60.9. The van der Waals surface area contributed by atoms with Crippen LogP contribution in [0, 0.1) is 23.3 Å². The molecule has 2 aromatic carbocycles. The molecule has 0 radical (unpaired) electrons. The highest BCUT2D eigenvalue weighted by Crippen LogP contribution is 2.33. The molecule has 6 heteroatoms. The highest BCUT2D eigenvalue weighted by molar-refractivity contribution is 9.09. The summed E-state index contributed by atoms with van der Waals surface area (Å²) in [5.74, 6) is -4.99. The topological polar surface area (TPSA) is 9.23 Å². The van der Waals surface area contributed by atoms with Crippen LogP contribution in [0.2, 0.25) is 0 Å². The largest absolute Gasteiger partial charge is 0.491 e. The quantitative estimate of drug-likeness (QED) is 0.511. The van der Waals surface area contributed by atoms with Gasteiger partial charge in [-0.3, -0.25) is 0 Å². The van der Waals surface area contributed by atoms with Crippen molar-refractivity contribution >= 4 is 15.9 Å². The zero-order valence-electron chi connectivity index (χ0n) is 11.7. The molecule has 0 bridgehead atoms. The monoisotopic (exact) mass is 376 g/mol. The van der Waals surface area contributed by atoms with Crippen LogP contribution in [0.1, 0.15) is 12.5 Å². The van der Waals surface area contributed by atoms with Crippen LogP contribution in [0.4, 0.5) is 17.6 Å².